The molecular formula is C27H25ClN4O2. The maximum atomic E-state index is 13.4. The van der Waals surface area contributed by atoms with Crippen LogP contribution in [0, 0.1) is 0 Å². The Labute approximate surface area is 202 Å². The Hall–Kier alpha value is -3.22. The van der Waals surface area contributed by atoms with Crippen LogP contribution in [0.4, 0.5) is 5.82 Å². The topological polar surface area (TPSA) is 60.3 Å². The van der Waals surface area contributed by atoms with E-state index in [0.29, 0.717) is 36.3 Å². The highest BCUT2D eigenvalue weighted by molar-refractivity contribution is 6.32. The lowest BCUT2D eigenvalue weighted by atomic mass is 10.0. The number of benzene rings is 2. The lowest BCUT2D eigenvalue weighted by Crippen LogP contribution is -2.36. The summed E-state index contributed by atoms with van der Waals surface area (Å²) in [7, 11) is 0. The van der Waals surface area contributed by atoms with Crippen molar-refractivity contribution in [2.45, 2.75) is 25.2 Å². The normalized spacial score (nSPS) is 16.2. The molecule has 2 aliphatic rings. The number of fused-ring (bicyclic) bond motifs is 1. The molecule has 1 saturated carbocycles. The van der Waals surface area contributed by atoms with Crippen LogP contribution in [0.3, 0.4) is 0 Å². The number of anilines is 1. The molecule has 0 bridgehead atoms. The molecule has 0 amide bonds. The number of hydrogen-bond acceptors (Lipinski definition) is 5. The number of nitrogens with zero attached hydrogens (tertiary/aromatic N) is 4. The molecule has 0 atom stereocenters. The molecular weight excluding hydrogens is 448 g/mol. The van der Waals surface area contributed by atoms with Crippen molar-refractivity contribution in [2.75, 3.05) is 31.2 Å². The summed E-state index contributed by atoms with van der Waals surface area (Å²) < 4.78 is 7.12. The molecule has 3 heterocycles. The number of aromatic nitrogens is 3. The van der Waals surface area contributed by atoms with Crippen LogP contribution in [0.2, 0.25) is 5.02 Å². The largest absolute Gasteiger partial charge is 0.378 e. The predicted molar refractivity (Wildman–Crippen MR) is 134 cm³/mol. The first-order chi connectivity index (χ1) is 16.7. The first-order valence-electron chi connectivity index (χ1n) is 11.8. The average molecular weight is 473 g/mol. The van der Waals surface area contributed by atoms with Gasteiger partial charge in [0.2, 0.25) is 0 Å². The number of hydrogen-bond donors (Lipinski definition) is 0. The van der Waals surface area contributed by atoms with Crippen LogP contribution in [0.1, 0.15) is 35.6 Å². The highest BCUT2D eigenvalue weighted by Crippen LogP contribution is 2.41. The van der Waals surface area contributed by atoms with Crippen LogP contribution in [-0.2, 0) is 11.2 Å². The Morgan fingerprint density at radius 2 is 1.85 bits per heavy atom. The summed E-state index contributed by atoms with van der Waals surface area (Å²) in [6, 6.07) is 18.0. The van der Waals surface area contributed by atoms with Gasteiger partial charge in [0.1, 0.15) is 5.82 Å². The van der Waals surface area contributed by atoms with Crippen LogP contribution < -0.4 is 10.6 Å². The molecule has 7 heteroatoms. The Balaban J connectivity index is 1.46. The number of rotatable bonds is 5. The Bertz CT molecular complexity index is 1420. The van der Waals surface area contributed by atoms with Gasteiger partial charge in [-0.05, 0) is 60.2 Å². The summed E-state index contributed by atoms with van der Waals surface area (Å²) in [5.74, 6) is 1.51. The second kappa shape index (κ2) is 8.85. The van der Waals surface area contributed by atoms with Gasteiger partial charge >= 0.3 is 5.69 Å². The monoisotopic (exact) mass is 472 g/mol. The summed E-state index contributed by atoms with van der Waals surface area (Å²) in [4.78, 5) is 24.7. The van der Waals surface area contributed by atoms with Gasteiger partial charge in [-0.2, -0.15) is 4.98 Å². The third kappa shape index (κ3) is 4.08. The van der Waals surface area contributed by atoms with Gasteiger partial charge in [-0.25, -0.2) is 9.78 Å². The van der Waals surface area contributed by atoms with Crippen molar-refractivity contribution in [3.63, 3.8) is 0 Å². The van der Waals surface area contributed by atoms with Crippen molar-refractivity contribution in [1.29, 1.82) is 0 Å². The number of ether oxygens (including phenoxy) is 1. The summed E-state index contributed by atoms with van der Waals surface area (Å²) in [6.45, 7) is 3.08. The summed E-state index contributed by atoms with van der Waals surface area (Å²) in [6.07, 6.45) is 4.78. The van der Waals surface area contributed by atoms with Gasteiger partial charge in [0, 0.05) is 31.1 Å². The van der Waals surface area contributed by atoms with E-state index in [-0.39, 0.29) is 5.69 Å². The predicted octanol–water partition coefficient (Wildman–Crippen LogP) is 4.74. The zero-order valence-electron chi connectivity index (χ0n) is 18.8. The molecule has 1 aliphatic carbocycles. The highest BCUT2D eigenvalue weighted by atomic mass is 35.5. The van der Waals surface area contributed by atoms with Crippen LogP contribution >= 0.6 is 11.6 Å². The van der Waals surface area contributed by atoms with E-state index in [9.17, 15) is 4.79 Å². The van der Waals surface area contributed by atoms with Crippen LogP contribution in [0.5, 0.6) is 0 Å². The van der Waals surface area contributed by atoms with E-state index >= 15 is 0 Å². The van der Waals surface area contributed by atoms with Gasteiger partial charge in [0.25, 0.3) is 0 Å². The molecule has 0 N–H and O–H groups in total. The van der Waals surface area contributed by atoms with E-state index in [1.54, 1.807) is 10.6 Å². The van der Waals surface area contributed by atoms with Crippen LogP contribution in [-0.4, -0.2) is 40.8 Å². The van der Waals surface area contributed by atoms with Crippen molar-refractivity contribution in [2.24, 2.45) is 0 Å². The highest BCUT2D eigenvalue weighted by Gasteiger charge is 2.25. The average Bonchev–Trinajstić information content (AvgIpc) is 3.71. The van der Waals surface area contributed by atoms with E-state index in [2.05, 4.69) is 39.1 Å². The molecule has 0 unspecified atom stereocenters. The fourth-order valence-corrected chi connectivity index (χ4v) is 4.93. The maximum absolute atomic E-state index is 13.4. The molecule has 1 aliphatic heterocycles. The van der Waals surface area contributed by atoms with E-state index in [4.69, 9.17) is 16.3 Å². The number of para-hydroxylation sites is 1. The molecule has 0 spiro atoms. The Morgan fingerprint density at radius 3 is 2.65 bits per heavy atom. The molecule has 1 saturated heterocycles. The van der Waals surface area contributed by atoms with Crippen LogP contribution in [0.15, 0.2) is 65.6 Å². The van der Waals surface area contributed by atoms with Gasteiger partial charge in [0.05, 0.1) is 35.1 Å². The molecule has 6 rings (SSSR count). The fraction of sp³-hybridized carbons (Fsp3) is 0.296. The number of morpholine rings is 1. The molecule has 34 heavy (non-hydrogen) atoms. The summed E-state index contributed by atoms with van der Waals surface area (Å²) >= 11 is 6.50. The second-order valence-electron chi connectivity index (χ2n) is 8.98. The molecule has 2 fully saturated rings. The number of pyridine rings is 1. The second-order valence-corrected chi connectivity index (χ2v) is 9.38. The van der Waals surface area contributed by atoms with Gasteiger partial charge in [-0.3, -0.25) is 4.57 Å². The third-order valence-electron chi connectivity index (χ3n) is 6.65. The van der Waals surface area contributed by atoms with Crippen molar-refractivity contribution < 1.29 is 4.74 Å². The fourth-order valence-electron chi connectivity index (χ4n) is 4.71. The quantitative estimate of drug-likeness (QED) is 0.420. The van der Waals surface area contributed by atoms with E-state index in [1.807, 2.05) is 30.5 Å². The van der Waals surface area contributed by atoms with E-state index in [0.717, 1.165) is 41.1 Å². The first-order valence-corrected chi connectivity index (χ1v) is 12.1. The lowest BCUT2D eigenvalue weighted by Gasteiger charge is -2.28. The van der Waals surface area contributed by atoms with Crippen molar-refractivity contribution >= 4 is 28.3 Å². The minimum Gasteiger partial charge on any atom is -0.378 e. The van der Waals surface area contributed by atoms with Gasteiger partial charge in [-0.15, -0.1) is 0 Å². The first kappa shape index (κ1) is 21.3. The molecule has 4 aromatic rings. The minimum absolute atomic E-state index is 0.314. The van der Waals surface area contributed by atoms with Crippen LogP contribution in [0.25, 0.3) is 16.6 Å². The molecule has 172 valence electrons. The molecule has 2 aromatic heterocycles. The third-order valence-corrected chi connectivity index (χ3v) is 6.97. The van der Waals surface area contributed by atoms with Gasteiger partial charge in [-0.1, -0.05) is 35.9 Å². The molecule has 2 aromatic carbocycles. The smallest absolute Gasteiger partial charge is 0.352 e. The Morgan fingerprint density at radius 1 is 1.03 bits per heavy atom. The van der Waals surface area contributed by atoms with E-state index < -0.39 is 0 Å². The standard InChI is InChI=1S/C27H25ClN4O2/c28-22-3-1-2-4-24(22)32-25-17-20(19-5-6-19)7-8-21(25)23(30-27(32)33)15-18-9-10-29-26(16-18)31-11-13-34-14-12-31/h1-4,7-10,16-17,19H,5-6,11-15H2. The zero-order chi connectivity index (χ0) is 23.1. The SMILES string of the molecule is O=c1nc(Cc2ccnc(N3CCOCC3)c2)c2ccc(C3CC3)cc2n1-c1ccccc1Cl. The molecule has 0 radical (unpaired) electrons. The lowest BCUT2D eigenvalue weighted by molar-refractivity contribution is 0.122. The van der Waals surface area contributed by atoms with Gasteiger partial charge < -0.3 is 9.64 Å². The number of halogens is 1. The molecule has 6 nitrogen and oxygen atoms in total. The summed E-state index contributed by atoms with van der Waals surface area (Å²) in [5.41, 5.74) is 4.31. The maximum Gasteiger partial charge on any atom is 0.352 e. The summed E-state index contributed by atoms with van der Waals surface area (Å²) in [5, 5.41) is 1.50. The van der Waals surface area contributed by atoms with E-state index in [1.165, 1.54) is 18.4 Å². The van der Waals surface area contributed by atoms with Crippen molar-refractivity contribution in [3.05, 3.63) is 93.1 Å². The van der Waals surface area contributed by atoms with Gasteiger partial charge in [0.15, 0.2) is 0 Å². The van der Waals surface area contributed by atoms with Crippen molar-refractivity contribution in [3.8, 4) is 5.69 Å². The van der Waals surface area contributed by atoms with Crippen molar-refractivity contribution in [1.82, 2.24) is 14.5 Å². The minimum atomic E-state index is -0.314. The zero-order valence-corrected chi connectivity index (χ0v) is 19.5. The Kier molecular flexibility index (Phi) is 5.55.